The molecule has 0 atom stereocenters. The third-order valence-corrected chi connectivity index (χ3v) is 4.74. The van der Waals surface area contributed by atoms with E-state index in [0.29, 0.717) is 17.7 Å². The van der Waals surface area contributed by atoms with E-state index in [2.05, 4.69) is 26.3 Å². The second-order valence-electron chi connectivity index (χ2n) is 6.56. The first kappa shape index (κ1) is 15.0. The smallest absolute Gasteiger partial charge is 0.238 e. The van der Waals surface area contributed by atoms with Gasteiger partial charge in [0.15, 0.2) is 0 Å². The quantitative estimate of drug-likeness (QED) is 0.761. The molecule has 24 heavy (non-hydrogen) atoms. The molecule has 5 heteroatoms. The SMILES string of the molecule is Oc1nc(NC2CCCCCC2)[nH]c1/C=c1\ccc2c(c1)C=CN=2. The van der Waals surface area contributed by atoms with Gasteiger partial charge in [0, 0.05) is 17.8 Å². The molecule has 3 N–H and O–H groups in total. The largest absolute Gasteiger partial charge is 0.492 e. The van der Waals surface area contributed by atoms with Crippen molar-refractivity contribution in [3.63, 3.8) is 0 Å². The maximum absolute atomic E-state index is 10.1. The Labute approximate surface area is 140 Å². The lowest BCUT2D eigenvalue weighted by atomic mass is 10.1. The van der Waals surface area contributed by atoms with Crippen LogP contribution in [0.2, 0.25) is 0 Å². The van der Waals surface area contributed by atoms with Crippen molar-refractivity contribution in [2.45, 2.75) is 44.6 Å². The zero-order chi connectivity index (χ0) is 16.4. The molecular formula is C19H22N4O. The summed E-state index contributed by atoms with van der Waals surface area (Å²) >= 11 is 0. The number of H-pyrrole nitrogens is 1. The summed E-state index contributed by atoms with van der Waals surface area (Å²) in [7, 11) is 0. The van der Waals surface area contributed by atoms with Crippen LogP contribution in [0.4, 0.5) is 5.95 Å². The maximum Gasteiger partial charge on any atom is 0.238 e. The molecule has 0 spiro atoms. The van der Waals surface area contributed by atoms with Crippen molar-refractivity contribution in [1.29, 1.82) is 0 Å². The van der Waals surface area contributed by atoms with Crippen LogP contribution in [0, 0.1) is 0 Å². The zero-order valence-electron chi connectivity index (χ0n) is 13.6. The Hall–Kier alpha value is -2.56. The predicted molar refractivity (Wildman–Crippen MR) is 95.2 cm³/mol. The minimum atomic E-state index is 0.0341. The normalized spacial score (nSPS) is 18.2. The first-order valence-corrected chi connectivity index (χ1v) is 8.70. The molecule has 5 nitrogen and oxygen atoms in total. The Bertz CT molecular complexity index is 873. The number of anilines is 1. The lowest BCUT2D eigenvalue weighted by Crippen LogP contribution is -2.19. The zero-order valence-corrected chi connectivity index (χ0v) is 13.6. The van der Waals surface area contributed by atoms with E-state index in [0.717, 1.165) is 16.1 Å². The average Bonchev–Trinajstić information content (AvgIpc) is 3.07. The van der Waals surface area contributed by atoms with Crippen molar-refractivity contribution in [2.24, 2.45) is 4.99 Å². The molecule has 4 rings (SSSR count). The second-order valence-corrected chi connectivity index (χ2v) is 6.56. The average molecular weight is 322 g/mol. The number of aromatic nitrogens is 2. The molecule has 2 aliphatic rings. The minimum Gasteiger partial charge on any atom is -0.492 e. The van der Waals surface area contributed by atoms with Crippen molar-refractivity contribution in [3.8, 4) is 5.88 Å². The molecule has 2 heterocycles. The third-order valence-electron chi connectivity index (χ3n) is 4.74. The number of nitrogens with one attached hydrogen (secondary N) is 2. The maximum atomic E-state index is 10.1. The Balaban J connectivity index is 1.56. The van der Waals surface area contributed by atoms with E-state index in [9.17, 15) is 5.11 Å². The van der Waals surface area contributed by atoms with Gasteiger partial charge in [0.05, 0.1) is 5.36 Å². The number of benzene rings is 1. The molecule has 0 bridgehead atoms. The summed E-state index contributed by atoms with van der Waals surface area (Å²) in [4.78, 5) is 11.7. The van der Waals surface area contributed by atoms with Crippen molar-refractivity contribution < 1.29 is 5.11 Å². The van der Waals surface area contributed by atoms with Gasteiger partial charge in [0.2, 0.25) is 11.8 Å². The fourth-order valence-corrected chi connectivity index (χ4v) is 3.44. The molecule has 1 aliphatic heterocycles. The molecule has 124 valence electrons. The van der Waals surface area contributed by atoms with Gasteiger partial charge in [0.25, 0.3) is 0 Å². The molecule has 1 fully saturated rings. The van der Waals surface area contributed by atoms with Crippen molar-refractivity contribution in [1.82, 2.24) is 9.97 Å². The predicted octanol–water partition coefficient (Wildman–Crippen LogP) is 2.68. The summed E-state index contributed by atoms with van der Waals surface area (Å²) in [6, 6.07) is 6.48. The Morgan fingerprint density at radius 1 is 1.17 bits per heavy atom. The number of aromatic amines is 1. The molecule has 0 unspecified atom stereocenters. The van der Waals surface area contributed by atoms with Gasteiger partial charge in [-0.05, 0) is 42.3 Å². The molecule has 1 aromatic heterocycles. The number of hydrogen-bond acceptors (Lipinski definition) is 4. The molecular weight excluding hydrogens is 300 g/mol. The van der Waals surface area contributed by atoms with E-state index in [-0.39, 0.29) is 5.88 Å². The number of imidazole rings is 1. The van der Waals surface area contributed by atoms with E-state index in [4.69, 9.17) is 0 Å². The van der Waals surface area contributed by atoms with Crippen LogP contribution < -0.4 is 15.9 Å². The topological polar surface area (TPSA) is 73.3 Å². The van der Waals surface area contributed by atoms with Crippen molar-refractivity contribution in [3.05, 3.63) is 46.2 Å². The van der Waals surface area contributed by atoms with Crippen molar-refractivity contribution in [2.75, 3.05) is 5.32 Å². The standard InChI is InChI=1S/C19H22N4O/c24-18-17(12-13-7-8-16-14(11-13)9-10-20-16)22-19(23-18)21-15-5-3-1-2-4-6-15/h7-12,15,24H,1-6H2,(H2,21,22,23)/b13-12+. The number of nitrogens with zero attached hydrogens (tertiary/aromatic N) is 2. The lowest BCUT2D eigenvalue weighted by Gasteiger charge is -2.14. The van der Waals surface area contributed by atoms with Gasteiger partial charge in [-0.25, -0.2) is 0 Å². The fourth-order valence-electron chi connectivity index (χ4n) is 3.44. The molecule has 1 aliphatic carbocycles. The molecule has 0 saturated heterocycles. The van der Waals surface area contributed by atoms with Gasteiger partial charge in [-0.3, -0.25) is 4.99 Å². The molecule has 1 aromatic carbocycles. The second kappa shape index (κ2) is 6.51. The first-order valence-electron chi connectivity index (χ1n) is 8.70. The number of fused-ring (bicyclic) bond motifs is 1. The summed E-state index contributed by atoms with van der Waals surface area (Å²) < 4.78 is 0. The highest BCUT2D eigenvalue weighted by atomic mass is 16.3. The fraction of sp³-hybridized carbons (Fsp3) is 0.368. The summed E-state index contributed by atoms with van der Waals surface area (Å²) in [5.74, 6) is 0.688. The molecule has 1 saturated carbocycles. The van der Waals surface area contributed by atoms with Crippen LogP contribution in [0.3, 0.4) is 0 Å². The first-order chi connectivity index (χ1) is 11.8. The van der Waals surface area contributed by atoms with Gasteiger partial charge in [0.1, 0.15) is 5.69 Å². The summed E-state index contributed by atoms with van der Waals surface area (Å²) in [5, 5.41) is 15.6. The highest BCUT2D eigenvalue weighted by Gasteiger charge is 2.14. The van der Waals surface area contributed by atoms with Gasteiger partial charge in [-0.1, -0.05) is 31.7 Å². The van der Waals surface area contributed by atoms with E-state index in [1.807, 2.05) is 24.3 Å². The third kappa shape index (κ3) is 3.20. The lowest BCUT2D eigenvalue weighted by molar-refractivity contribution is 0.455. The van der Waals surface area contributed by atoms with Gasteiger partial charge < -0.3 is 15.4 Å². The van der Waals surface area contributed by atoms with Crippen LogP contribution in [0.1, 0.15) is 49.8 Å². The summed E-state index contributed by atoms with van der Waals surface area (Å²) in [5.41, 5.74) is 1.73. The Morgan fingerprint density at radius 2 is 2.00 bits per heavy atom. The molecule has 0 amide bonds. The minimum absolute atomic E-state index is 0.0341. The summed E-state index contributed by atoms with van der Waals surface area (Å²) in [6.07, 6.45) is 13.2. The van der Waals surface area contributed by atoms with Gasteiger partial charge >= 0.3 is 0 Å². The van der Waals surface area contributed by atoms with Crippen LogP contribution in [-0.4, -0.2) is 21.1 Å². The molecule has 0 radical (unpaired) electrons. The van der Waals surface area contributed by atoms with E-state index >= 15 is 0 Å². The molecule has 2 aromatic rings. The van der Waals surface area contributed by atoms with Crippen LogP contribution in [0.25, 0.3) is 12.2 Å². The van der Waals surface area contributed by atoms with Gasteiger partial charge in [-0.15, -0.1) is 0 Å². The highest BCUT2D eigenvalue weighted by Crippen LogP contribution is 2.22. The van der Waals surface area contributed by atoms with Crippen LogP contribution in [-0.2, 0) is 0 Å². The monoisotopic (exact) mass is 322 g/mol. The van der Waals surface area contributed by atoms with Crippen LogP contribution >= 0.6 is 0 Å². The van der Waals surface area contributed by atoms with E-state index < -0.39 is 0 Å². The van der Waals surface area contributed by atoms with Crippen LogP contribution in [0.15, 0.2) is 29.4 Å². The van der Waals surface area contributed by atoms with E-state index in [1.54, 1.807) is 6.20 Å². The number of hydrogen-bond donors (Lipinski definition) is 3. The Kier molecular flexibility index (Phi) is 4.07. The number of rotatable bonds is 3. The van der Waals surface area contributed by atoms with E-state index in [1.165, 1.54) is 38.5 Å². The highest BCUT2D eigenvalue weighted by molar-refractivity contribution is 5.57. The van der Waals surface area contributed by atoms with Crippen LogP contribution in [0.5, 0.6) is 5.88 Å². The van der Waals surface area contributed by atoms with Crippen molar-refractivity contribution >= 4 is 18.1 Å². The summed E-state index contributed by atoms with van der Waals surface area (Å²) in [6.45, 7) is 0. The van der Waals surface area contributed by atoms with Gasteiger partial charge in [-0.2, -0.15) is 4.98 Å². The number of aromatic hydroxyl groups is 1. The Morgan fingerprint density at radius 3 is 2.83 bits per heavy atom.